The zero-order chi connectivity index (χ0) is 15.5. The minimum atomic E-state index is -0.773. The number of amides is 1. The maximum Gasteiger partial charge on any atom is 0.294 e. The van der Waals surface area contributed by atoms with Crippen LogP contribution in [0.5, 0.6) is 5.75 Å². The zero-order valence-corrected chi connectivity index (χ0v) is 11.9. The second-order valence-electron chi connectivity index (χ2n) is 4.26. The molecule has 0 saturated heterocycles. The molecular weight excluding hydrogens is 308 g/mol. The smallest absolute Gasteiger partial charge is 0.294 e. The van der Waals surface area contributed by atoms with Gasteiger partial charge in [0.1, 0.15) is 12.0 Å². The molecule has 3 rings (SSSR count). The lowest BCUT2D eigenvalue weighted by Gasteiger charge is -2.06. The molecule has 1 amide bonds. The van der Waals surface area contributed by atoms with E-state index in [-0.39, 0.29) is 18.1 Å². The zero-order valence-electron chi connectivity index (χ0n) is 11.1. The molecule has 3 aromatic heterocycles. The van der Waals surface area contributed by atoms with Crippen LogP contribution in [0.1, 0.15) is 16.2 Å². The van der Waals surface area contributed by atoms with Crippen LogP contribution < -0.4 is 10.9 Å². The summed E-state index contributed by atoms with van der Waals surface area (Å²) in [6, 6.07) is 5.12. The fraction of sp³-hybridized carbons (Fsp3) is 0.0769. The van der Waals surface area contributed by atoms with Crippen LogP contribution in [0.4, 0.5) is 0 Å². The highest BCUT2D eigenvalue weighted by molar-refractivity contribution is 7.13. The van der Waals surface area contributed by atoms with Crippen molar-refractivity contribution in [3.8, 4) is 16.5 Å². The molecule has 9 heteroatoms. The Hall–Kier alpha value is -2.94. The largest absolute Gasteiger partial charge is 0.501 e. The van der Waals surface area contributed by atoms with E-state index in [1.165, 1.54) is 17.6 Å². The van der Waals surface area contributed by atoms with Crippen molar-refractivity contribution in [3.63, 3.8) is 0 Å². The van der Waals surface area contributed by atoms with Gasteiger partial charge in [0.05, 0.1) is 11.4 Å². The molecule has 8 nitrogen and oxygen atoms in total. The summed E-state index contributed by atoms with van der Waals surface area (Å²) in [5.41, 5.74) is -0.600. The monoisotopic (exact) mass is 318 g/mol. The van der Waals surface area contributed by atoms with Crippen LogP contribution in [0.2, 0.25) is 0 Å². The summed E-state index contributed by atoms with van der Waals surface area (Å²) in [5.74, 6) is -1.17. The first-order chi connectivity index (χ1) is 10.6. The van der Waals surface area contributed by atoms with Gasteiger partial charge < -0.3 is 19.9 Å². The Bertz CT molecular complexity index is 840. The van der Waals surface area contributed by atoms with Crippen molar-refractivity contribution >= 4 is 17.2 Å². The minimum Gasteiger partial charge on any atom is -0.501 e. The van der Waals surface area contributed by atoms with Crippen molar-refractivity contribution in [3.05, 3.63) is 51.6 Å². The van der Waals surface area contributed by atoms with Gasteiger partial charge in [0.25, 0.3) is 11.5 Å². The molecule has 3 N–H and O–H groups in total. The number of aromatic hydroxyl groups is 1. The second-order valence-corrected chi connectivity index (χ2v) is 5.21. The van der Waals surface area contributed by atoms with Crippen LogP contribution in [-0.4, -0.2) is 26.1 Å². The highest BCUT2D eigenvalue weighted by atomic mass is 32.1. The molecule has 3 heterocycles. The number of carbonyl (C=O) groups excluding carboxylic acids is 1. The maximum absolute atomic E-state index is 12.1. The van der Waals surface area contributed by atoms with E-state index in [0.29, 0.717) is 10.6 Å². The third-order valence-corrected chi connectivity index (χ3v) is 3.66. The predicted molar refractivity (Wildman–Crippen MR) is 77.5 cm³/mol. The first-order valence-corrected chi connectivity index (χ1v) is 7.07. The first-order valence-electron chi connectivity index (χ1n) is 6.20. The number of hydrogen-bond acceptors (Lipinski definition) is 7. The lowest BCUT2D eigenvalue weighted by Crippen LogP contribution is -2.26. The Morgan fingerprint density at radius 1 is 1.45 bits per heavy atom. The topological polar surface area (TPSA) is 121 Å². The van der Waals surface area contributed by atoms with Gasteiger partial charge in [-0.25, -0.2) is 4.98 Å². The van der Waals surface area contributed by atoms with Crippen LogP contribution >= 0.6 is 11.3 Å². The van der Waals surface area contributed by atoms with Crippen LogP contribution in [0.25, 0.3) is 10.7 Å². The van der Waals surface area contributed by atoms with E-state index in [1.807, 2.05) is 5.38 Å². The lowest BCUT2D eigenvalue weighted by atomic mass is 10.3. The van der Waals surface area contributed by atoms with Crippen molar-refractivity contribution in [1.29, 1.82) is 0 Å². The molecular formula is C13H10N4O4S. The predicted octanol–water partition coefficient (Wildman–Crippen LogP) is 1.12. The van der Waals surface area contributed by atoms with Gasteiger partial charge in [-0.1, -0.05) is 11.2 Å². The Morgan fingerprint density at radius 2 is 2.32 bits per heavy atom. The third kappa shape index (κ3) is 2.74. The molecule has 112 valence electrons. The van der Waals surface area contributed by atoms with Crippen LogP contribution in [-0.2, 0) is 6.54 Å². The van der Waals surface area contributed by atoms with E-state index in [1.54, 1.807) is 18.2 Å². The molecule has 0 aliphatic carbocycles. The number of H-pyrrole nitrogens is 1. The quantitative estimate of drug-likeness (QED) is 0.663. The first kappa shape index (κ1) is 14.0. The van der Waals surface area contributed by atoms with Gasteiger partial charge in [-0.3, -0.25) is 9.59 Å². The van der Waals surface area contributed by atoms with Gasteiger partial charge in [0.15, 0.2) is 11.5 Å². The summed E-state index contributed by atoms with van der Waals surface area (Å²) >= 11 is 1.35. The molecule has 22 heavy (non-hydrogen) atoms. The van der Waals surface area contributed by atoms with E-state index in [4.69, 9.17) is 0 Å². The Balaban J connectivity index is 1.89. The van der Waals surface area contributed by atoms with Gasteiger partial charge in [-0.2, -0.15) is 0 Å². The summed E-state index contributed by atoms with van der Waals surface area (Å²) in [6.45, 7) is 0.0948. The fourth-order valence-corrected chi connectivity index (χ4v) is 2.41. The summed E-state index contributed by atoms with van der Waals surface area (Å²) in [7, 11) is 0. The third-order valence-electron chi connectivity index (χ3n) is 2.79. The lowest BCUT2D eigenvalue weighted by molar-refractivity contribution is 0.0941. The van der Waals surface area contributed by atoms with Crippen molar-refractivity contribution in [2.75, 3.05) is 0 Å². The number of thiophene rings is 1. The van der Waals surface area contributed by atoms with Gasteiger partial charge >= 0.3 is 0 Å². The molecule has 3 aromatic rings. The van der Waals surface area contributed by atoms with Crippen LogP contribution in [0, 0.1) is 0 Å². The standard InChI is InChI=1S/C13H10N4O4S/c18-10-9(12(19)14-6-7-3-4-21-17-7)15-11(16-13(10)20)8-2-1-5-22-8/h1-5,18H,6H2,(H,14,19)(H,15,16,20). The summed E-state index contributed by atoms with van der Waals surface area (Å²) in [6.07, 6.45) is 1.37. The molecule has 0 spiro atoms. The SMILES string of the molecule is O=C(NCc1ccon1)c1nc(-c2cccs2)[nH]c(=O)c1O. The van der Waals surface area contributed by atoms with Crippen LogP contribution in [0.15, 0.2) is 39.2 Å². The summed E-state index contributed by atoms with van der Waals surface area (Å²) in [5, 5.41) is 17.7. The van der Waals surface area contributed by atoms with Crippen molar-refractivity contribution < 1.29 is 14.4 Å². The van der Waals surface area contributed by atoms with Gasteiger partial charge in [0, 0.05) is 6.07 Å². The number of aromatic nitrogens is 3. The number of nitrogens with one attached hydrogen (secondary N) is 2. The molecule has 0 aromatic carbocycles. The molecule has 0 saturated carbocycles. The maximum atomic E-state index is 12.1. The number of rotatable bonds is 4. The number of nitrogens with zero attached hydrogens (tertiary/aromatic N) is 2. The van der Waals surface area contributed by atoms with E-state index < -0.39 is 17.2 Å². The van der Waals surface area contributed by atoms with E-state index in [9.17, 15) is 14.7 Å². The molecule has 0 atom stereocenters. The number of hydrogen-bond donors (Lipinski definition) is 3. The molecule has 0 bridgehead atoms. The van der Waals surface area contributed by atoms with Crippen LogP contribution in [0.3, 0.4) is 0 Å². The van der Waals surface area contributed by atoms with Crippen molar-refractivity contribution in [2.45, 2.75) is 6.54 Å². The molecule has 0 aliphatic heterocycles. The minimum absolute atomic E-state index is 0.0948. The molecule has 0 fully saturated rings. The van der Waals surface area contributed by atoms with E-state index in [0.717, 1.165) is 0 Å². The van der Waals surface area contributed by atoms with E-state index >= 15 is 0 Å². The average molecular weight is 318 g/mol. The Labute approximate surface area is 127 Å². The molecule has 0 aliphatic rings. The van der Waals surface area contributed by atoms with Crippen molar-refractivity contribution in [2.24, 2.45) is 0 Å². The number of carbonyl (C=O) groups is 1. The fourth-order valence-electron chi connectivity index (χ4n) is 1.74. The van der Waals surface area contributed by atoms with E-state index in [2.05, 4.69) is 25.0 Å². The average Bonchev–Trinajstić information content (AvgIpc) is 3.20. The van der Waals surface area contributed by atoms with Gasteiger partial charge in [-0.05, 0) is 11.4 Å². The molecule has 0 unspecified atom stereocenters. The number of aromatic amines is 1. The highest BCUT2D eigenvalue weighted by Gasteiger charge is 2.18. The van der Waals surface area contributed by atoms with Crippen molar-refractivity contribution in [1.82, 2.24) is 20.4 Å². The highest BCUT2D eigenvalue weighted by Crippen LogP contribution is 2.21. The summed E-state index contributed by atoms with van der Waals surface area (Å²) < 4.78 is 4.64. The van der Waals surface area contributed by atoms with Gasteiger partial charge in [-0.15, -0.1) is 11.3 Å². The van der Waals surface area contributed by atoms with Gasteiger partial charge in [0.2, 0.25) is 5.75 Å². The summed E-state index contributed by atoms with van der Waals surface area (Å²) in [4.78, 5) is 31.0. The normalized spacial score (nSPS) is 10.5. The molecule has 0 radical (unpaired) electrons. The second kappa shape index (κ2) is 5.82. The Morgan fingerprint density at radius 3 is 3.00 bits per heavy atom. The Kier molecular flexibility index (Phi) is 3.71.